The van der Waals surface area contributed by atoms with Crippen LogP contribution >= 0.6 is 0 Å². The maximum absolute atomic E-state index is 14.2. The van der Waals surface area contributed by atoms with E-state index in [1.165, 1.54) is 6.92 Å². The highest BCUT2D eigenvalue weighted by Gasteiger charge is 2.41. The number of fused-ring (bicyclic) bond motifs is 1. The Bertz CT molecular complexity index is 573. The number of benzene rings is 1. The predicted octanol–water partition coefficient (Wildman–Crippen LogP) is 1.56. The molecule has 1 aliphatic rings. The van der Waals surface area contributed by atoms with Crippen molar-refractivity contribution in [2.24, 2.45) is 5.73 Å². The number of nitrogens with two attached hydrogens (primary N) is 1. The van der Waals surface area contributed by atoms with Crippen molar-refractivity contribution in [1.29, 1.82) is 0 Å². The lowest BCUT2D eigenvalue weighted by molar-refractivity contribution is -0.119. The minimum atomic E-state index is -2.28. The topological polar surface area (TPSA) is 60.2 Å². The number of hydrogen-bond donors (Lipinski definition) is 1. The van der Waals surface area contributed by atoms with Crippen LogP contribution in [-0.4, -0.2) is 17.9 Å². The minimum absolute atomic E-state index is 0.0586. The Morgan fingerprint density at radius 1 is 1.42 bits per heavy atom. The average Bonchev–Trinajstić information content (AvgIpc) is 2.72. The van der Waals surface area contributed by atoms with E-state index in [4.69, 9.17) is 5.73 Å². The van der Waals surface area contributed by atoms with E-state index >= 15 is 0 Å². The van der Waals surface area contributed by atoms with E-state index in [-0.39, 0.29) is 23.0 Å². The number of hydrogen-bond acceptors (Lipinski definition) is 2. The van der Waals surface area contributed by atoms with E-state index in [1.807, 2.05) is 0 Å². The number of primary amides is 1. The number of halogens is 3. The second-order valence-corrected chi connectivity index (χ2v) is 4.85. The molecule has 0 saturated heterocycles. The Kier molecular flexibility index (Phi) is 3.12. The molecule has 0 heterocycles. The molecule has 1 aromatic rings. The van der Waals surface area contributed by atoms with E-state index in [0.29, 0.717) is 0 Å². The Labute approximate surface area is 107 Å². The molecule has 2 N–H and O–H groups in total. The van der Waals surface area contributed by atoms with Crippen LogP contribution in [0.4, 0.5) is 13.2 Å². The fourth-order valence-corrected chi connectivity index (χ4v) is 2.32. The first-order chi connectivity index (χ1) is 8.79. The Balaban J connectivity index is 2.57. The normalized spacial score (nSPS) is 22.9. The zero-order valence-electron chi connectivity index (χ0n) is 10.2. The van der Waals surface area contributed by atoms with Gasteiger partial charge in [0.05, 0.1) is 5.92 Å². The van der Waals surface area contributed by atoms with Crippen LogP contribution in [0.15, 0.2) is 6.07 Å². The van der Waals surface area contributed by atoms with Crippen molar-refractivity contribution in [3.05, 3.63) is 34.4 Å². The van der Waals surface area contributed by atoms with E-state index < -0.39 is 42.0 Å². The van der Waals surface area contributed by atoms with Crippen LogP contribution in [0.25, 0.3) is 0 Å². The van der Waals surface area contributed by atoms with E-state index in [2.05, 4.69) is 0 Å². The molecule has 2 atom stereocenters. The van der Waals surface area contributed by atoms with Crippen molar-refractivity contribution in [2.45, 2.75) is 31.4 Å². The van der Waals surface area contributed by atoms with Crippen molar-refractivity contribution in [3.8, 4) is 0 Å². The Morgan fingerprint density at radius 3 is 2.53 bits per heavy atom. The van der Waals surface area contributed by atoms with Gasteiger partial charge in [0.25, 0.3) is 0 Å². The molecular formula is C13H12F3NO2. The van der Waals surface area contributed by atoms with Crippen LogP contribution in [0.3, 0.4) is 0 Å². The molecule has 0 fully saturated rings. The maximum Gasteiger partial charge on any atom is 0.224 e. The third-order valence-corrected chi connectivity index (χ3v) is 3.50. The number of amides is 1. The first kappa shape index (κ1) is 13.6. The molecule has 3 nitrogen and oxygen atoms in total. The third kappa shape index (κ3) is 2.11. The first-order valence-corrected chi connectivity index (χ1v) is 5.73. The predicted molar refractivity (Wildman–Crippen MR) is 61.3 cm³/mol. The van der Waals surface area contributed by atoms with E-state index in [0.717, 1.165) is 6.07 Å². The Hall–Kier alpha value is -1.85. The highest BCUT2D eigenvalue weighted by atomic mass is 19.1. The molecule has 0 radical (unpaired) electrons. The molecule has 1 amide bonds. The summed E-state index contributed by atoms with van der Waals surface area (Å²) in [6, 6.07) is 0.847. The molecule has 1 aromatic carbocycles. The molecule has 2 unspecified atom stereocenters. The molecule has 19 heavy (non-hydrogen) atoms. The number of carbonyl (C=O) groups is 2. The third-order valence-electron chi connectivity index (χ3n) is 3.50. The van der Waals surface area contributed by atoms with E-state index in [9.17, 15) is 22.8 Å². The average molecular weight is 271 g/mol. The van der Waals surface area contributed by atoms with Crippen molar-refractivity contribution in [2.75, 3.05) is 0 Å². The zero-order valence-corrected chi connectivity index (χ0v) is 10.2. The smallest absolute Gasteiger partial charge is 0.224 e. The number of aldehydes is 1. The van der Waals surface area contributed by atoms with Crippen LogP contribution in [0.2, 0.25) is 0 Å². The SMILES string of the molecule is CC(C(N)=O)c1cc(F)c2c(c1F)CC(F)(C=O)C2. The standard InChI is InChI=1S/C13H12F3NO2/c1-6(12(17)19)7-2-10(14)8-3-13(16,5-18)4-9(8)11(7)15/h2,5-6H,3-4H2,1H3,(H2,17,19). The highest BCUT2D eigenvalue weighted by Crippen LogP contribution is 2.37. The summed E-state index contributed by atoms with van der Waals surface area (Å²) >= 11 is 0. The summed E-state index contributed by atoms with van der Waals surface area (Å²) in [6.07, 6.45) is -0.948. The van der Waals surface area contributed by atoms with Gasteiger partial charge in [-0.1, -0.05) is 0 Å². The van der Waals surface area contributed by atoms with Crippen LogP contribution in [0.1, 0.15) is 29.5 Å². The van der Waals surface area contributed by atoms with Gasteiger partial charge in [-0.05, 0) is 24.1 Å². The lowest BCUT2D eigenvalue weighted by atomic mass is 9.95. The summed E-state index contributed by atoms with van der Waals surface area (Å²) in [5.41, 5.74) is 2.24. The molecule has 0 aromatic heterocycles. The van der Waals surface area contributed by atoms with Gasteiger partial charge in [0.2, 0.25) is 5.91 Å². The van der Waals surface area contributed by atoms with Crippen molar-refractivity contribution < 1.29 is 22.8 Å². The molecule has 0 aliphatic heterocycles. The fraction of sp³-hybridized carbons (Fsp3) is 0.385. The zero-order chi connectivity index (χ0) is 14.4. The fourth-order valence-electron chi connectivity index (χ4n) is 2.32. The highest BCUT2D eigenvalue weighted by molar-refractivity contribution is 5.81. The molecule has 102 valence electrons. The van der Waals surface area contributed by atoms with E-state index in [1.54, 1.807) is 0 Å². The number of rotatable bonds is 3. The van der Waals surface area contributed by atoms with Gasteiger partial charge in [0, 0.05) is 18.4 Å². The summed E-state index contributed by atoms with van der Waals surface area (Å²) in [6.45, 7) is 1.34. The van der Waals surface area contributed by atoms with Gasteiger partial charge < -0.3 is 5.73 Å². The summed E-state index contributed by atoms with van der Waals surface area (Å²) in [5.74, 6) is -3.51. The van der Waals surface area contributed by atoms with Gasteiger partial charge in [-0.3, -0.25) is 9.59 Å². The van der Waals surface area contributed by atoms with Crippen molar-refractivity contribution in [3.63, 3.8) is 0 Å². The van der Waals surface area contributed by atoms with Crippen molar-refractivity contribution >= 4 is 12.2 Å². The summed E-state index contributed by atoms with van der Waals surface area (Å²) < 4.78 is 41.9. The second kappa shape index (κ2) is 4.36. The van der Waals surface area contributed by atoms with Crippen LogP contribution < -0.4 is 5.73 Å². The van der Waals surface area contributed by atoms with Gasteiger partial charge in [0.15, 0.2) is 12.0 Å². The second-order valence-electron chi connectivity index (χ2n) is 4.85. The first-order valence-electron chi connectivity index (χ1n) is 5.73. The lowest BCUT2D eigenvalue weighted by Crippen LogP contribution is -2.25. The largest absolute Gasteiger partial charge is 0.369 e. The van der Waals surface area contributed by atoms with Gasteiger partial charge in [0.1, 0.15) is 11.6 Å². The van der Waals surface area contributed by atoms with Gasteiger partial charge in [-0.25, -0.2) is 13.2 Å². The quantitative estimate of drug-likeness (QED) is 0.848. The Morgan fingerprint density at radius 2 is 2.00 bits per heavy atom. The molecule has 1 aliphatic carbocycles. The molecule has 6 heteroatoms. The summed E-state index contributed by atoms with van der Waals surface area (Å²) in [7, 11) is 0. The minimum Gasteiger partial charge on any atom is -0.369 e. The molecule has 0 bridgehead atoms. The van der Waals surface area contributed by atoms with Gasteiger partial charge in [-0.15, -0.1) is 0 Å². The molecule has 0 saturated carbocycles. The molecular weight excluding hydrogens is 259 g/mol. The van der Waals surface area contributed by atoms with Gasteiger partial charge >= 0.3 is 0 Å². The van der Waals surface area contributed by atoms with Crippen LogP contribution in [-0.2, 0) is 22.4 Å². The number of carbonyl (C=O) groups excluding carboxylic acids is 2. The summed E-state index contributed by atoms with van der Waals surface area (Å²) in [5, 5.41) is 0. The molecule has 2 rings (SSSR count). The van der Waals surface area contributed by atoms with Crippen LogP contribution in [0.5, 0.6) is 0 Å². The van der Waals surface area contributed by atoms with Crippen molar-refractivity contribution in [1.82, 2.24) is 0 Å². The summed E-state index contributed by atoms with van der Waals surface area (Å²) in [4.78, 5) is 21.7. The molecule has 0 spiro atoms. The maximum atomic E-state index is 14.2. The van der Waals surface area contributed by atoms with Gasteiger partial charge in [-0.2, -0.15) is 0 Å². The van der Waals surface area contributed by atoms with Crippen LogP contribution in [0, 0.1) is 11.6 Å². The number of alkyl halides is 1. The monoisotopic (exact) mass is 271 g/mol. The lowest BCUT2D eigenvalue weighted by Gasteiger charge is -2.12.